The molecule has 0 aliphatic carbocycles. The third-order valence-electron chi connectivity index (χ3n) is 3.55. The van der Waals surface area contributed by atoms with Crippen molar-refractivity contribution in [3.63, 3.8) is 0 Å². The number of esters is 1. The van der Waals surface area contributed by atoms with Crippen molar-refractivity contribution < 1.29 is 22.7 Å². The van der Waals surface area contributed by atoms with Crippen LogP contribution in [-0.4, -0.2) is 22.4 Å². The van der Waals surface area contributed by atoms with Crippen LogP contribution in [0.15, 0.2) is 42.5 Å². The number of aromatic nitrogens is 2. The summed E-state index contributed by atoms with van der Waals surface area (Å²) in [7, 11) is 0. The summed E-state index contributed by atoms with van der Waals surface area (Å²) in [5, 5.41) is 3.90. The second-order valence-electron chi connectivity index (χ2n) is 5.25. The third kappa shape index (κ3) is 3.30. The van der Waals surface area contributed by atoms with Gasteiger partial charge in [0.2, 0.25) is 0 Å². The van der Waals surface area contributed by atoms with Crippen LogP contribution in [0.1, 0.15) is 17.4 Å². The molecule has 0 saturated heterocycles. The lowest BCUT2D eigenvalue weighted by atomic mass is 10.1. The molecule has 0 atom stereocenters. The number of hydrogen-bond acceptors (Lipinski definition) is 3. The van der Waals surface area contributed by atoms with Crippen LogP contribution < -0.4 is 0 Å². The maximum absolute atomic E-state index is 14.3. The fourth-order valence-electron chi connectivity index (χ4n) is 2.41. The Bertz CT molecular complexity index is 971. The Morgan fingerprint density at radius 3 is 2.42 bits per heavy atom. The zero-order valence-electron chi connectivity index (χ0n) is 13.5. The van der Waals surface area contributed by atoms with Crippen LogP contribution in [0.5, 0.6) is 0 Å². The molecule has 1 aromatic heterocycles. The lowest BCUT2D eigenvalue weighted by molar-refractivity contribution is 0.0519. The highest BCUT2D eigenvalue weighted by Gasteiger charge is 2.26. The quantitative estimate of drug-likeness (QED) is 0.611. The summed E-state index contributed by atoms with van der Waals surface area (Å²) in [6, 6.07) is 7.93. The Balaban J connectivity index is 2.28. The molecule has 0 aliphatic heterocycles. The first-order valence-electron chi connectivity index (χ1n) is 7.59. The normalized spacial score (nSPS) is 10.8. The fourth-order valence-corrected chi connectivity index (χ4v) is 2.71. The SMILES string of the molecule is CCOC(=O)c1nn(-c2cc(F)ccc2F)c(-c2ccc(F)cc2)c1Cl. The fraction of sp³-hybridized carbons (Fsp3) is 0.111. The van der Waals surface area contributed by atoms with E-state index in [1.807, 2.05) is 0 Å². The Kier molecular flexibility index (Phi) is 4.99. The molecule has 26 heavy (non-hydrogen) atoms. The van der Waals surface area contributed by atoms with Crippen LogP contribution in [0, 0.1) is 17.5 Å². The number of nitrogens with zero attached hydrogens (tertiary/aromatic N) is 2. The van der Waals surface area contributed by atoms with Crippen molar-refractivity contribution in [1.29, 1.82) is 0 Å². The largest absolute Gasteiger partial charge is 0.461 e. The van der Waals surface area contributed by atoms with Crippen LogP contribution in [-0.2, 0) is 4.74 Å². The number of carbonyl (C=O) groups is 1. The van der Waals surface area contributed by atoms with Crippen molar-refractivity contribution in [2.45, 2.75) is 6.92 Å². The lowest BCUT2D eigenvalue weighted by Gasteiger charge is -2.09. The van der Waals surface area contributed by atoms with Crippen molar-refractivity contribution in [2.75, 3.05) is 6.61 Å². The van der Waals surface area contributed by atoms with Crippen molar-refractivity contribution in [2.24, 2.45) is 0 Å². The van der Waals surface area contributed by atoms with Gasteiger partial charge >= 0.3 is 5.97 Å². The van der Waals surface area contributed by atoms with Crippen molar-refractivity contribution in [3.8, 4) is 16.9 Å². The van der Waals surface area contributed by atoms with Gasteiger partial charge in [-0.05, 0) is 43.3 Å². The highest BCUT2D eigenvalue weighted by atomic mass is 35.5. The molecule has 2 aromatic carbocycles. The van der Waals surface area contributed by atoms with Gasteiger partial charge in [-0.2, -0.15) is 5.10 Å². The molecule has 4 nitrogen and oxygen atoms in total. The smallest absolute Gasteiger partial charge is 0.360 e. The van der Waals surface area contributed by atoms with Gasteiger partial charge in [0.05, 0.1) is 12.3 Å². The summed E-state index contributed by atoms with van der Waals surface area (Å²) in [5.41, 5.74) is -0.0272. The number of rotatable bonds is 4. The third-order valence-corrected chi connectivity index (χ3v) is 3.91. The maximum Gasteiger partial charge on any atom is 0.360 e. The van der Waals surface area contributed by atoms with Crippen molar-refractivity contribution in [1.82, 2.24) is 9.78 Å². The van der Waals surface area contributed by atoms with Crippen molar-refractivity contribution >= 4 is 17.6 Å². The summed E-state index contributed by atoms with van der Waals surface area (Å²) >= 11 is 6.28. The van der Waals surface area contributed by atoms with Gasteiger partial charge in [-0.15, -0.1) is 0 Å². The first-order chi connectivity index (χ1) is 12.4. The van der Waals surface area contributed by atoms with Crippen molar-refractivity contribution in [3.05, 3.63) is 70.6 Å². The van der Waals surface area contributed by atoms with Gasteiger partial charge in [0.25, 0.3) is 0 Å². The molecule has 8 heteroatoms. The Hall–Kier alpha value is -2.80. The first kappa shape index (κ1) is 18.0. The number of benzene rings is 2. The molecule has 0 amide bonds. The molecule has 0 bridgehead atoms. The standard InChI is InChI=1S/C18H12ClF3N2O2/c1-2-26-18(25)16-15(19)17(10-3-5-11(20)6-4-10)24(23-16)14-9-12(21)7-8-13(14)22/h3-9H,2H2,1H3. The van der Waals surface area contributed by atoms with E-state index in [1.165, 1.54) is 24.3 Å². The number of ether oxygens (including phenoxy) is 1. The van der Waals surface area contributed by atoms with Gasteiger partial charge in [0, 0.05) is 11.6 Å². The number of halogens is 4. The van der Waals surface area contributed by atoms with Gasteiger partial charge < -0.3 is 4.74 Å². The van der Waals surface area contributed by atoms with Gasteiger partial charge in [0.15, 0.2) is 5.69 Å². The van der Waals surface area contributed by atoms with E-state index in [9.17, 15) is 18.0 Å². The van der Waals surface area contributed by atoms with E-state index in [0.29, 0.717) is 5.56 Å². The minimum absolute atomic E-state index is 0.0855. The highest BCUT2D eigenvalue weighted by molar-refractivity contribution is 6.35. The molecule has 0 spiro atoms. The van der Waals surface area contributed by atoms with E-state index < -0.39 is 23.4 Å². The summed E-state index contributed by atoms with van der Waals surface area (Å²) in [5.74, 6) is -2.77. The molecule has 3 rings (SSSR count). The molecule has 0 unspecified atom stereocenters. The van der Waals surface area contributed by atoms with E-state index in [0.717, 1.165) is 22.9 Å². The average Bonchev–Trinajstić information content (AvgIpc) is 2.95. The first-order valence-corrected chi connectivity index (χ1v) is 7.97. The minimum atomic E-state index is -0.809. The maximum atomic E-state index is 14.3. The molecular formula is C18H12ClF3N2O2. The van der Waals surface area contributed by atoms with E-state index in [-0.39, 0.29) is 28.7 Å². The van der Waals surface area contributed by atoms with Crippen LogP contribution in [0.2, 0.25) is 5.02 Å². The predicted molar refractivity (Wildman–Crippen MR) is 89.8 cm³/mol. The number of carbonyl (C=O) groups excluding carboxylic acids is 1. The lowest BCUT2D eigenvalue weighted by Crippen LogP contribution is -2.08. The second kappa shape index (κ2) is 7.21. The molecule has 0 saturated carbocycles. The van der Waals surface area contributed by atoms with Crippen LogP contribution in [0.25, 0.3) is 16.9 Å². The molecule has 0 aliphatic rings. The van der Waals surface area contributed by atoms with E-state index in [4.69, 9.17) is 16.3 Å². The Morgan fingerprint density at radius 2 is 1.77 bits per heavy atom. The van der Waals surface area contributed by atoms with Crippen LogP contribution in [0.3, 0.4) is 0 Å². The monoisotopic (exact) mass is 380 g/mol. The second-order valence-corrected chi connectivity index (χ2v) is 5.62. The molecule has 3 aromatic rings. The van der Waals surface area contributed by atoms with E-state index in [2.05, 4.69) is 5.10 Å². The van der Waals surface area contributed by atoms with Crippen LogP contribution >= 0.6 is 11.6 Å². The molecule has 0 N–H and O–H groups in total. The van der Waals surface area contributed by atoms with Crippen LogP contribution in [0.4, 0.5) is 13.2 Å². The summed E-state index contributed by atoms with van der Waals surface area (Å²) in [6.45, 7) is 1.69. The van der Waals surface area contributed by atoms with Gasteiger partial charge in [-0.1, -0.05) is 11.6 Å². The Labute approximate surface area is 151 Å². The highest BCUT2D eigenvalue weighted by Crippen LogP contribution is 2.34. The minimum Gasteiger partial charge on any atom is -0.461 e. The zero-order chi connectivity index (χ0) is 18.8. The average molecular weight is 381 g/mol. The summed E-state index contributed by atoms with van der Waals surface area (Å²) in [6.07, 6.45) is 0. The Morgan fingerprint density at radius 1 is 1.12 bits per heavy atom. The molecular weight excluding hydrogens is 369 g/mol. The summed E-state index contributed by atoms with van der Waals surface area (Å²) < 4.78 is 47.0. The zero-order valence-corrected chi connectivity index (χ0v) is 14.2. The molecule has 0 fully saturated rings. The molecule has 1 heterocycles. The topological polar surface area (TPSA) is 44.1 Å². The van der Waals surface area contributed by atoms with E-state index in [1.54, 1.807) is 6.92 Å². The van der Waals surface area contributed by atoms with Gasteiger partial charge in [-0.3, -0.25) is 0 Å². The summed E-state index contributed by atoms with van der Waals surface area (Å²) in [4.78, 5) is 12.1. The molecule has 0 radical (unpaired) electrons. The predicted octanol–water partition coefficient (Wildman–Crippen LogP) is 4.79. The number of hydrogen-bond donors (Lipinski definition) is 0. The molecule has 134 valence electrons. The van der Waals surface area contributed by atoms with Gasteiger partial charge in [0.1, 0.15) is 28.2 Å². The van der Waals surface area contributed by atoms with E-state index >= 15 is 0 Å². The van der Waals surface area contributed by atoms with Gasteiger partial charge in [-0.25, -0.2) is 22.6 Å².